The fourth-order valence-electron chi connectivity index (χ4n) is 2.26. The number of aryl methyl sites for hydroxylation is 1. The number of rotatable bonds is 3. The number of aromatic carboxylic acids is 1. The van der Waals surface area contributed by atoms with E-state index in [9.17, 15) is 9.90 Å². The highest BCUT2D eigenvalue weighted by Gasteiger charge is 2.15. The van der Waals surface area contributed by atoms with Crippen molar-refractivity contribution in [1.29, 1.82) is 0 Å². The van der Waals surface area contributed by atoms with E-state index in [1.54, 1.807) is 42.7 Å². The van der Waals surface area contributed by atoms with E-state index in [0.717, 1.165) is 10.4 Å². The molecule has 0 saturated heterocycles. The van der Waals surface area contributed by atoms with E-state index in [-0.39, 0.29) is 5.56 Å². The lowest BCUT2D eigenvalue weighted by Gasteiger charge is -2.08. The van der Waals surface area contributed by atoms with E-state index in [4.69, 9.17) is 4.74 Å². The second-order valence-electron chi connectivity index (χ2n) is 4.68. The van der Waals surface area contributed by atoms with Gasteiger partial charge in [-0.25, -0.2) is 9.78 Å². The third-order valence-corrected chi connectivity index (χ3v) is 4.38. The average molecular weight is 299 g/mol. The maximum absolute atomic E-state index is 11.6. The molecule has 0 aliphatic rings. The Morgan fingerprint density at radius 3 is 2.71 bits per heavy atom. The van der Waals surface area contributed by atoms with Crippen LogP contribution in [0, 0.1) is 6.92 Å². The number of hydrogen-bond acceptors (Lipinski definition) is 4. The third-order valence-electron chi connectivity index (χ3n) is 3.34. The summed E-state index contributed by atoms with van der Waals surface area (Å²) in [6, 6.07) is 8.90. The van der Waals surface area contributed by atoms with Crippen LogP contribution in [0.1, 0.15) is 15.9 Å². The molecule has 0 aliphatic heterocycles. The van der Waals surface area contributed by atoms with Crippen molar-refractivity contribution in [2.24, 2.45) is 0 Å². The Morgan fingerprint density at radius 2 is 2.10 bits per heavy atom. The van der Waals surface area contributed by atoms with Crippen molar-refractivity contribution in [3.05, 3.63) is 46.8 Å². The number of carboxylic acids is 1. The summed E-state index contributed by atoms with van der Waals surface area (Å²) >= 11 is 1.56. The molecule has 3 aromatic rings. The predicted octanol–water partition coefficient (Wildman–Crippen LogP) is 3.98. The van der Waals surface area contributed by atoms with Gasteiger partial charge < -0.3 is 9.84 Å². The minimum atomic E-state index is -0.967. The van der Waals surface area contributed by atoms with Crippen molar-refractivity contribution < 1.29 is 14.6 Å². The standard InChI is InChI=1S/C16H13NO3S/c1-9-5-6-21-15(9)14-8-12(16(18)19)11-7-10(20-2)3-4-13(11)17-14/h3-8H,1-2H3,(H,18,19). The highest BCUT2D eigenvalue weighted by molar-refractivity contribution is 7.13. The van der Waals surface area contributed by atoms with Gasteiger partial charge in [-0.1, -0.05) is 0 Å². The number of ether oxygens (including phenoxy) is 1. The third kappa shape index (κ3) is 2.36. The molecule has 0 aliphatic carbocycles. The summed E-state index contributed by atoms with van der Waals surface area (Å²) in [6.45, 7) is 1.99. The summed E-state index contributed by atoms with van der Waals surface area (Å²) in [4.78, 5) is 17.1. The van der Waals surface area contributed by atoms with E-state index in [1.807, 2.05) is 18.4 Å². The van der Waals surface area contributed by atoms with Gasteiger partial charge in [0.2, 0.25) is 0 Å². The molecule has 0 fully saturated rings. The Bertz CT molecular complexity index is 839. The molecule has 0 unspecified atom stereocenters. The second-order valence-corrected chi connectivity index (χ2v) is 5.59. The molecule has 0 atom stereocenters. The largest absolute Gasteiger partial charge is 0.497 e. The first-order valence-electron chi connectivity index (χ1n) is 6.36. The molecule has 5 heteroatoms. The van der Waals surface area contributed by atoms with Crippen LogP contribution in [-0.2, 0) is 0 Å². The first-order valence-corrected chi connectivity index (χ1v) is 7.24. The van der Waals surface area contributed by atoms with Crippen LogP contribution in [0.4, 0.5) is 0 Å². The summed E-state index contributed by atoms with van der Waals surface area (Å²) in [6.07, 6.45) is 0. The van der Waals surface area contributed by atoms with Crippen molar-refractivity contribution in [2.75, 3.05) is 7.11 Å². The lowest BCUT2D eigenvalue weighted by molar-refractivity contribution is 0.0699. The molecule has 1 aromatic carbocycles. The molecule has 1 N–H and O–H groups in total. The zero-order valence-electron chi connectivity index (χ0n) is 11.6. The van der Waals surface area contributed by atoms with Crippen molar-refractivity contribution in [3.63, 3.8) is 0 Å². The number of nitrogens with zero attached hydrogens (tertiary/aromatic N) is 1. The van der Waals surface area contributed by atoms with Crippen molar-refractivity contribution >= 4 is 28.2 Å². The monoisotopic (exact) mass is 299 g/mol. The van der Waals surface area contributed by atoms with Gasteiger partial charge in [-0.2, -0.15) is 0 Å². The number of methoxy groups -OCH3 is 1. The smallest absolute Gasteiger partial charge is 0.336 e. The molecular formula is C16H13NO3S. The highest BCUT2D eigenvalue weighted by Crippen LogP contribution is 2.32. The summed E-state index contributed by atoms with van der Waals surface area (Å²) in [5.41, 5.74) is 2.68. The van der Waals surface area contributed by atoms with Crippen molar-refractivity contribution in [3.8, 4) is 16.3 Å². The molecular weight excluding hydrogens is 286 g/mol. The van der Waals surface area contributed by atoms with Gasteiger partial charge in [0.05, 0.1) is 28.8 Å². The van der Waals surface area contributed by atoms with Crippen LogP contribution in [0.3, 0.4) is 0 Å². The van der Waals surface area contributed by atoms with Crippen LogP contribution in [0.2, 0.25) is 0 Å². The van der Waals surface area contributed by atoms with E-state index >= 15 is 0 Å². The molecule has 2 heterocycles. The zero-order chi connectivity index (χ0) is 15.0. The van der Waals surface area contributed by atoms with Crippen LogP contribution in [-0.4, -0.2) is 23.2 Å². The molecule has 2 aromatic heterocycles. The number of pyridine rings is 1. The van der Waals surface area contributed by atoms with Gasteiger partial charge in [-0.15, -0.1) is 11.3 Å². The predicted molar refractivity (Wildman–Crippen MR) is 83.3 cm³/mol. The quantitative estimate of drug-likeness (QED) is 0.794. The number of carbonyl (C=O) groups is 1. The molecule has 0 amide bonds. The Balaban J connectivity index is 2.31. The van der Waals surface area contributed by atoms with Crippen LogP contribution >= 0.6 is 11.3 Å². The average Bonchev–Trinajstić information content (AvgIpc) is 2.91. The zero-order valence-corrected chi connectivity index (χ0v) is 12.4. The molecule has 3 rings (SSSR count). The minimum Gasteiger partial charge on any atom is -0.497 e. The Kier molecular flexibility index (Phi) is 3.35. The fraction of sp³-hybridized carbons (Fsp3) is 0.125. The lowest BCUT2D eigenvalue weighted by atomic mass is 10.1. The Hall–Kier alpha value is -2.40. The van der Waals surface area contributed by atoms with Gasteiger partial charge in [-0.3, -0.25) is 0 Å². The van der Waals surface area contributed by atoms with Crippen molar-refractivity contribution in [2.45, 2.75) is 6.92 Å². The number of thiophene rings is 1. The van der Waals surface area contributed by atoms with E-state index in [2.05, 4.69) is 4.98 Å². The first-order chi connectivity index (χ1) is 10.1. The van der Waals surface area contributed by atoms with Gasteiger partial charge in [0, 0.05) is 5.39 Å². The summed E-state index contributed by atoms with van der Waals surface area (Å²) in [5.74, 6) is -0.349. The number of aromatic nitrogens is 1. The van der Waals surface area contributed by atoms with Crippen LogP contribution < -0.4 is 4.74 Å². The lowest BCUT2D eigenvalue weighted by Crippen LogP contribution is -2.00. The topological polar surface area (TPSA) is 59.4 Å². The molecule has 106 valence electrons. The van der Waals surface area contributed by atoms with Gasteiger partial charge in [-0.05, 0) is 48.2 Å². The normalized spacial score (nSPS) is 10.8. The van der Waals surface area contributed by atoms with Gasteiger partial charge in [0.1, 0.15) is 5.75 Å². The second kappa shape index (κ2) is 5.18. The van der Waals surface area contributed by atoms with E-state index in [0.29, 0.717) is 22.3 Å². The highest BCUT2D eigenvalue weighted by atomic mass is 32.1. The molecule has 0 bridgehead atoms. The SMILES string of the molecule is COc1ccc2nc(-c3sccc3C)cc(C(=O)O)c2c1. The summed E-state index contributed by atoms with van der Waals surface area (Å²) < 4.78 is 5.16. The maximum Gasteiger partial charge on any atom is 0.336 e. The maximum atomic E-state index is 11.6. The van der Waals surface area contributed by atoms with Gasteiger partial charge >= 0.3 is 5.97 Å². The number of fused-ring (bicyclic) bond motifs is 1. The summed E-state index contributed by atoms with van der Waals surface area (Å²) in [7, 11) is 1.55. The molecule has 0 saturated carbocycles. The van der Waals surface area contributed by atoms with Crippen molar-refractivity contribution in [1.82, 2.24) is 4.98 Å². The van der Waals surface area contributed by atoms with Crippen LogP contribution in [0.25, 0.3) is 21.5 Å². The molecule has 0 radical (unpaired) electrons. The van der Waals surface area contributed by atoms with E-state index in [1.165, 1.54) is 0 Å². The number of benzene rings is 1. The number of hydrogen-bond donors (Lipinski definition) is 1. The van der Waals surface area contributed by atoms with Crippen LogP contribution in [0.15, 0.2) is 35.7 Å². The summed E-state index contributed by atoms with van der Waals surface area (Å²) in [5, 5.41) is 12.0. The molecule has 21 heavy (non-hydrogen) atoms. The van der Waals surface area contributed by atoms with Gasteiger partial charge in [0.15, 0.2) is 0 Å². The fourth-order valence-corrected chi connectivity index (χ4v) is 3.15. The molecule has 4 nitrogen and oxygen atoms in total. The number of carboxylic acid groups (broad SMARTS) is 1. The molecule has 0 spiro atoms. The Labute approximate surface area is 125 Å². The Morgan fingerprint density at radius 1 is 1.29 bits per heavy atom. The van der Waals surface area contributed by atoms with Gasteiger partial charge in [0.25, 0.3) is 0 Å². The first kappa shape index (κ1) is 13.6. The van der Waals surface area contributed by atoms with E-state index < -0.39 is 5.97 Å². The minimum absolute atomic E-state index is 0.238. The van der Waals surface area contributed by atoms with Crippen LogP contribution in [0.5, 0.6) is 5.75 Å².